The molecule has 2 rings (SSSR count). The summed E-state index contributed by atoms with van der Waals surface area (Å²) in [7, 11) is 0. The predicted octanol–water partition coefficient (Wildman–Crippen LogP) is 3.00. The fraction of sp³-hybridized carbons (Fsp3) is 0.538. The molecule has 1 heteroatoms. The van der Waals surface area contributed by atoms with Crippen molar-refractivity contribution in [3.63, 3.8) is 0 Å². The lowest BCUT2D eigenvalue weighted by Crippen LogP contribution is -2.22. The van der Waals surface area contributed by atoms with Gasteiger partial charge in [0, 0.05) is 0 Å². The Morgan fingerprint density at radius 2 is 2.07 bits per heavy atom. The van der Waals surface area contributed by atoms with Crippen LogP contribution in [0.15, 0.2) is 24.3 Å². The van der Waals surface area contributed by atoms with Crippen LogP contribution < -0.4 is 0 Å². The second kappa shape index (κ2) is 3.39. The molecule has 2 atom stereocenters. The van der Waals surface area contributed by atoms with Gasteiger partial charge in [-0.05, 0) is 43.2 Å². The van der Waals surface area contributed by atoms with Crippen LogP contribution in [0.5, 0.6) is 0 Å². The van der Waals surface area contributed by atoms with E-state index in [0.29, 0.717) is 5.92 Å². The molecule has 1 aromatic rings. The first-order valence-electron chi connectivity index (χ1n) is 5.40. The summed E-state index contributed by atoms with van der Waals surface area (Å²) >= 11 is 0. The average molecular weight is 190 g/mol. The second-order valence-corrected chi connectivity index (χ2v) is 4.69. The normalized spacial score (nSPS) is 32.1. The Bertz CT molecular complexity index is 332. The van der Waals surface area contributed by atoms with Crippen LogP contribution in [0.3, 0.4) is 0 Å². The summed E-state index contributed by atoms with van der Waals surface area (Å²) in [6.45, 7) is 4.30. The van der Waals surface area contributed by atoms with Crippen molar-refractivity contribution in [3.8, 4) is 0 Å². The molecule has 76 valence electrons. The molecule has 1 aromatic carbocycles. The zero-order chi connectivity index (χ0) is 10.2. The van der Waals surface area contributed by atoms with Gasteiger partial charge >= 0.3 is 0 Å². The zero-order valence-corrected chi connectivity index (χ0v) is 8.96. The van der Waals surface area contributed by atoms with Crippen LogP contribution in [0, 0.1) is 12.8 Å². The Kier molecular flexibility index (Phi) is 2.36. The molecule has 0 aliphatic heterocycles. The maximum absolute atomic E-state index is 10.5. The van der Waals surface area contributed by atoms with E-state index >= 15 is 0 Å². The lowest BCUT2D eigenvalue weighted by Gasteiger charge is -2.25. The molecule has 1 saturated carbocycles. The third-order valence-electron chi connectivity index (χ3n) is 3.38. The molecule has 1 nitrogen and oxygen atoms in total. The van der Waals surface area contributed by atoms with Crippen LogP contribution in [-0.2, 0) is 5.60 Å². The lowest BCUT2D eigenvalue weighted by molar-refractivity contribution is 0.0402. The van der Waals surface area contributed by atoms with Gasteiger partial charge in [-0.2, -0.15) is 0 Å². The molecule has 1 N–H and O–H groups in total. The minimum Gasteiger partial charge on any atom is -0.385 e. The first-order chi connectivity index (χ1) is 6.62. The van der Waals surface area contributed by atoms with E-state index < -0.39 is 5.60 Å². The zero-order valence-electron chi connectivity index (χ0n) is 8.96. The highest BCUT2D eigenvalue weighted by Gasteiger charge is 2.37. The van der Waals surface area contributed by atoms with Crippen molar-refractivity contribution in [3.05, 3.63) is 35.4 Å². The molecule has 0 spiro atoms. The average Bonchev–Trinajstić information content (AvgIpc) is 2.48. The third-order valence-corrected chi connectivity index (χ3v) is 3.38. The predicted molar refractivity (Wildman–Crippen MR) is 58.1 cm³/mol. The van der Waals surface area contributed by atoms with Gasteiger partial charge in [0.05, 0.1) is 5.60 Å². The van der Waals surface area contributed by atoms with Crippen molar-refractivity contribution >= 4 is 0 Å². The monoisotopic (exact) mass is 190 g/mol. The quantitative estimate of drug-likeness (QED) is 0.721. The van der Waals surface area contributed by atoms with Gasteiger partial charge in [0.15, 0.2) is 0 Å². The van der Waals surface area contributed by atoms with Crippen molar-refractivity contribution in [1.29, 1.82) is 0 Å². The fourth-order valence-electron chi connectivity index (χ4n) is 2.61. The van der Waals surface area contributed by atoms with E-state index in [1.807, 2.05) is 12.1 Å². The van der Waals surface area contributed by atoms with E-state index in [1.165, 1.54) is 5.56 Å². The summed E-state index contributed by atoms with van der Waals surface area (Å²) in [6, 6.07) is 8.19. The van der Waals surface area contributed by atoms with Crippen molar-refractivity contribution in [2.45, 2.75) is 38.7 Å². The van der Waals surface area contributed by atoms with Gasteiger partial charge in [0.2, 0.25) is 0 Å². The number of rotatable bonds is 1. The van der Waals surface area contributed by atoms with Gasteiger partial charge in [-0.15, -0.1) is 0 Å². The molecular formula is C13H18O. The van der Waals surface area contributed by atoms with E-state index in [0.717, 1.165) is 24.8 Å². The highest BCUT2D eigenvalue weighted by molar-refractivity contribution is 5.32. The molecule has 0 radical (unpaired) electrons. The molecular weight excluding hydrogens is 172 g/mol. The summed E-state index contributed by atoms with van der Waals surface area (Å²) in [4.78, 5) is 0. The van der Waals surface area contributed by atoms with E-state index in [9.17, 15) is 5.11 Å². The largest absolute Gasteiger partial charge is 0.385 e. The Morgan fingerprint density at radius 1 is 1.36 bits per heavy atom. The first-order valence-corrected chi connectivity index (χ1v) is 5.40. The smallest absolute Gasteiger partial charge is 0.0901 e. The first kappa shape index (κ1) is 9.72. The van der Waals surface area contributed by atoms with Crippen molar-refractivity contribution in [2.24, 2.45) is 5.92 Å². The summed E-state index contributed by atoms with van der Waals surface area (Å²) in [5.41, 5.74) is 1.79. The summed E-state index contributed by atoms with van der Waals surface area (Å²) in [5.74, 6) is 0.652. The molecule has 14 heavy (non-hydrogen) atoms. The van der Waals surface area contributed by atoms with E-state index in [1.54, 1.807) is 0 Å². The summed E-state index contributed by atoms with van der Waals surface area (Å²) < 4.78 is 0. The van der Waals surface area contributed by atoms with E-state index in [2.05, 4.69) is 26.0 Å². The molecule has 0 saturated heterocycles. The molecule has 0 aromatic heterocycles. The van der Waals surface area contributed by atoms with Gasteiger partial charge in [0.1, 0.15) is 0 Å². The van der Waals surface area contributed by atoms with Gasteiger partial charge in [-0.1, -0.05) is 31.2 Å². The van der Waals surface area contributed by atoms with Crippen LogP contribution in [0.25, 0.3) is 0 Å². The number of benzene rings is 1. The molecule has 0 bridgehead atoms. The SMILES string of the molecule is Cc1ccccc1[C@]1(O)CC[C@H](C)C1. The minimum atomic E-state index is -0.551. The number of aliphatic hydroxyl groups is 1. The highest BCUT2D eigenvalue weighted by Crippen LogP contribution is 2.42. The van der Waals surface area contributed by atoms with Crippen LogP contribution >= 0.6 is 0 Å². The van der Waals surface area contributed by atoms with Gasteiger partial charge in [-0.3, -0.25) is 0 Å². The summed E-state index contributed by atoms with van der Waals surface area (Å²) in [6.07, 6.45) is 2.97. The number of hydrogen-bond acceptors (Lipinski definition) is 1. The lowest BCUT2D eigenvalue weighted by atomic mass is 9.88. The van der Waals surface area contributed by atoms with Crippen LogP contribution in [0.2, 0.25) is 0 Å². The Labute approximate surface area is 85.8 Å². The number of hydrogen-bond donors (Lipinski definition) is 1. The standard InChI is InChI=1S/C13H18O/c1-10-7-8-13(14,9-10)12-6-4-3-5-11(12)2/h3-6,10,14H,7-9H2,1-2H3/t10-,13-/m0/s1. The van der Waals surface area contributed by atoms with Gasteiger partial charge < -0.3 is 5.11 Å². The summed E-state index contributed by atoms with van der Waals surface area (Å²) in [5, 5.41) is 10.5. The van der Waals surface area contributed by atoms with Gasteiger partial charge in [-0.25, -0.2) is 0 Å². The second-order valence-electron chi connectivity index (χ2n) is 4.69. The van der Waals surface area contributed by atoms with Crippen molar-refractivity contribution < 1.29 is 5.11 Å². The molecule has 1 aliphatic carbocycles. The van der Waals surface area contributed by atoms with Gasteiger partial charge in [0.25, 0.3) is 0 Å². The molecule has 1 fully saturated rings. The van der Waals surface area contributed by atoms with E-state index in [-0.39, 0.29) is 0 Å². The number of aryl methyl sites for hydroxylation is 1. The Hall–Kier alpha value is -0.820. The van der Waals surface area contributed by atoms with Crippen molar-refractivity contribution in [1.82, 2.24) is 0 Å². The maximum Gasteiger partial charge on any atom is 0.0901 e. The van der Waals surface area contributed by atoms with Crippen molar-refractivity contribution in [2.75, 3.05) is 0 Å². The van der Waals surface area contributed by atoms with Crippen LogP contribution in [0.4, 0.5) is 0 Å². The maximum atomic E-state index is 10.5. The Morgan fingerprint density at radius 3 is 2.64 bits per heavy atom. The molecule has 0 amide bonds. The van der Waals surface area contributed by atoms with Crippen LogP contribution in [0.1, 0.15) is 37.3 Å². The highest BCUT2D eigenvalue weighted by atomic mass is 16.3. The fourth-order valence-corrected chi connectivity index (χ4v) is 2.61. The molecule has 1 aliphatic rings. The molecule has 0 unspecified atom stereocenters. The minimum absolute atomic E-state index is 0.551. The Balaban J connectivity index is 2.35. The van der Waals surface area contributed by atoms with Crippen LogP contribution in [-0.4, -0.2) is 5.11 Å². The molecule has 0 heterocycles. The third kappa shape index (κ3) is 1.57. The van der Waals surface area contributed by atoms with E-state index in [4.69, 9.17) is 0 Å². The topological polar surface area (TPSA) is 20.2 Å².